The van der Waals surface area contributed by atoms with Crippen molar-refractivity contribution >= 4 is 17.6 Å². The van der Waals surface area contributed by atoms with Crippen LogP contribution < -0.4 is 10.6 Å². The maximum Gasteiger partial charge on any atom is 0.321 e. The van der Waals surface area contributed by atoms with E-state index in [0.717, 1.165) is 39.3 Å². The minimum atomic E-state index is -1.08. The van der Waals surface area contributed by atoms with E-state index in [4.69, 9.17) is 4.74 Å². The summed E-state index contributed by atoms with van der Waals surface area (Å²) in [6.07, 6.45) is 0.568. The Morgan fingerprint density at radius 1 is 1.32 bits per heavy atom. The molecular formula is C17H24FN3O4. The minimum Gasteiger partial charge on any atom is -0.480 e. The van der Waals surface area contributed by atoms with Crippen molar-refractivity contribution in [2.45, 2.75) is 18.9 Å². The third kappa shape index (κ3) is 7.16. The van der Waals surface area contributed by atoms with Gasteiger partial charge in [-0.3, -0.25) is 14.5 Å². The predicted octanol–water partition coefficient (Wildman–Crippen LogP) is 0.919. The summed E-state index contributed by atoms with van der Waals surface area (Å²) in [7, 11) is 0. The lowest BCUT2D eigenvalue weighted by Crippen LogP contribution is -2.42. The number of nitrogens with zero attached hydrogens (tertiary/aromatic N) is 1. The number of hydrogen-bond donors (Lipinski definition) is 3. The number of nitrogens with one attached hydrogen (secondary N) is 2. The van der Waals surface area contributed by atoms with Crippen LogP contribution in [-0.2, 0) is 14.3 Å². The second-order valence-corrected chi connectivity index (χ2v) is 5.92. The topological polar surface area (TPSA) is 90.9 Å². The number of carboxylic acids is 1. The number of ether oxygens (including phenoxy) is 1. The summed E-state index contributed by atoms with van der Waals surface area (Å²) in [4.78, 5) is 25.5. The zero-order valence-corrected chi connectivity index (χ0v) is 14.0. The molecule has 0 saturated carbocycles. The molecule has 1 amide bonds. The van der Waals surface area contributed by atoms with Crippen LogP contribution >= 0.6 is 0 Å². The van der Waals surface area contributed by atoms with Gasteiger partial charge >= 0.3 is 5.97 Å². The van der Waals surface area contributed by atoms with Crippen molar-refractivity contribution in [1.82, 2.24) is 10.2 Å². The second kappa shape index (κ2) is 10.1. The highest BCUT2D eigenvalue weighted by molar-refractivity contribution is 5.94. The summed E-state index contributed by atoms with van der Waals surface area (Å²) in [5, 5.41) is 14.7. The van der Waals surface area contributed by atoms with Crippen LogP contribution in [0.1, 0.15) is 12.8 Å². The van der Waals surface area contributed by atoms with E-state index in [9.17, 15) is 19.1 Å². The molecule has 138 valence electrons. The van der Waals surface area contributed by atoms with E-state index in [1.165, 1.54) is 18.2 Å². The van der Waals surface area contributed by atoms with Crippen LogP contribution in [0.3, 0.4) is 0 Å². The Balaban J connectivity index is 1.71. The Labute approximate surface area is 146 Å². The molecule has 0 bridgehead atoms. The van der Waals surface area contributed by atoms with Gasteiger partial charge in [-0.2, -0.15) is 0 Å². The van der Waals surface area contributed by atoms with Crippen LogP contribution in [0.5, 0.6) is 0 Å². The van der Waals surface area contributed by atoms with Crippen LogP contribution in [0.15, 0.2) is 24.3 Å². The van der Waals surface area contributed by atoms with Crippen molar-refractivity contribution in [1.29, 1.82) is 0 Å². The Morgan fingerprint density at radius 3 is 2.76 bits per heavy atom. The number of amides is 1. The molecule has 3 N–H and O–H groups in total. The lowest BCUT2D eigenvalue weighted by molar-refractivity contribution is -0.141. The van der Waals surface area contributed by atoms with Crippen LogP contribution in [0.2, 0.25) is 0 Å². The fourth-order valence-electron chi connectivity index (χ4n) is 2.61. The highest BCUT2D eigenvalue weighted by atomic mass is 19.1. The van der Waals surface area contributed by atoms with Crippen molar-refractivity contribution in [3.05, 3.63) is 30.1 Å². The molecule has 1 aliphatic heterocycles. The van der Waals surface area contributed by atoms with Gasteiger partial charge in [0.25, 0.3) is 0 Å². The number of halogens is 1. The molecule has 2 rings (SSSR count). The fraction of sp³-hybridized carbons (Fsp3) is 0.529. The van der Waals surface area contributed by atoms with Gasteiger partial charge in [0.2, 0.25) is 5.91 Å². The Hall–Kier alpha value is -2.03. The summed E-state index contributed by atoms with van der Waals surface area (Å²) < 4.78 is 18.4. The molecule has 0 aromatic heterocycles. The van der Waals surface area contributed by atoms with Crippen LogP contribution in [0, 0.1) is 5.82 Å². The van der Waals surface area contributed by atoms with Gasteiger partial charge in [0.1, 0.15) is 11.9 Å². The Bertz CT molecular complexity index is 579. The summed E-state index contributed by atoms with van der Waals surface area (Å²) >= 11 is 0. The van der Waals surface area contributed by atoms with Gasteiger partial charge in [0, 0.05) is 18.8 Å². The predicted molar refractivity (Wildman–Crippen MR) is 90.9 cm³/mol. The molecule has 1 aliphatic rings. The number of carbonyl (C=O) groups excluding carboxylic acids is 1. The molecule has 1 saturated heterocycles. The van der Waals surface area contributed by atoms with E-state index in [1.54, 1.807) is 6.07 Å². The van der Waals surface area contributed by atoms with Gasteiger partial charge in [0.05, 0.1) is 19.6 Å². The molecule has 25 heavy (non-hydrogen) atoms. The van der Waals surface area contributed by atoms with Crippen molar-refractivity contribution in [3.8, 4) is 0 Å². The highest BCUT2D eigenvalue weighted by Crippen LogP contribution is 2.10. The van der Waals surface area contributed by atoms with Crippen molar-refractivity contribution in [2.24, 2.45) is 0 Å². The van der Waals surface area contributed by atoms with Gasteiger partial charge in [-0.1, -0.05) is 6.07 Å². The molecule has 8 heteroatoms. The normalized spacial score (nSPS) is 16.4. The quantitative estimate of drug-likeness (QED) is 0.572. The van der Waals surface area contributed by atoms with E-state index in [0.29, 0.717) is 12.2 Å². The molecule has 7 nitrogen and oxygen atoms in total. The molecule has 0 spiro atoms. The zero-order valence-electron chi connectivity index (χ0n) is 14.0. The van der Waals surface area contributed by atoms with Crippen LogP contribution in [-0.4, -0.2) is 67.3 Å². The zero-order chi connectivity index (χ0) is 18.1. The number of morpholine rings is 1. The molecule has 1 heterocycles. The molecule has 1 fully saturated rings. The Morgan fingerprint density at radius 2 is 2.08 bits per heavy atom. The van der Waals surface area contributed by atoms with Gasteiger partial charge in [-0.25, -0.2) is 4.39 Å². The third-order valence-electron chi connectivity index (χ3n) is 3.94. The minimum absolute atomic E-state index is 0.219. The molecule has 0 radical (unpaired) electrons. The number of carbonyl (C=O) groups is 2. The molecule has 0 aliphatic carbocycles. The van der Waals surface area contributed by atoms with E-state index >= 15 is 0 Å². The number of aliphatic carboxylic acids is 1. The standard InChI is InChI=1S/C17H24FN3O4/c18-13-3-1-4-14(11-13)20-16(22)12-15(17(23)24)19-5-2-6-21-7-9-25-10-8-21/h1,3-4,11,15,19H,2,5-10,12H2,(H,20,22)(H,23,24). The fourth-order valence-corrected chi connectivity index (χ4v) is 2.61. The summed E-state index contributed by atoms with van der Waals surface area (Å²) in [5.74, 6) is -2.02. The first kappa shape index (κ1) is 19.3. The van der Waals surface area contributed by atoms with Gasteiger partial charge in [-0.05, 0) is 37.7 Å². The van der Waals surface area contributed by atoms with E-state index < -0.39 is 23.7 Å². The molecule has 1 aromatic rings. The molecule has 1 aromatic carbocycles. The summed E-state index contributed by atoms with van der Waals surface area (Å²) in [6, 6.07) is 4.50. The lowest BCUT2D eigenvalue weighted by Gasteiger charge is -2.26. The maximum atomic E-state index is 13.1. The maximum absolute atomic E-state index is 13.1. The molecular weight excluding hydrogens is 329 g/mol. The number of anilines is 1. The van der Waals surface area contributed by atoms with Crippen molar-refractivity contribution < 1.29 is 23.8 Å². The average Bonchev–Trinajstić information content (AvgIpc) is 2.58. The largest absolute Gasteiger partial charge is 0.480 e. The SMILES string of the molecule is O=C(CC(NCCCN1CCOCC1)C(=O)O)Nc1cccc(F)c1. The van der Waals surface area contributed by atoms with E-state index in [1.807, 2.05) is 0 Å². The van der Waals surface area contributed by atoms with Crippen molar-refractivity contribution in [3.63, 3.8) is 0 Å². The van der Waals surface area contributed by atoms with Gasteiger partial charge < -0.3 is 20.5 Å². The number of rotatable bonds is 9. The first-order chi connectivity index (χ1) is 12.0. The molecule has 1 atom stereocenters. The first-order valence-electron chi connectivity index (χ1n) is 8.36. The monoisotopic (exact) mass is 353 g/mol. The average molecular weight is 353 g/mol. The second-order valence-electron chi connectivity index (χ2n) is 5.92. The lowest BCUT2D eigenvalue weighted by atomic mass is 10.2. The Kier molecular flexibility index (Phi) is 7.77. The van der Waals surface area contributed by atoms with Crippen LogP contribution in [0.25, 0.3) is 0 Å². The number of carboxylic acid groups (broad SMARTS) is 1. The summed E-state index contributed by atoms with van der Waals surface area (Å²) in [5.41, 5.74) is 0.307. The van der Waals surface area contributed by atoms with E-state index in [2.05, 4.69) is 15.5 Å². The number of benzene rings is 1. The van der Waals surface area contributed by atoms with Gasteiger partial charge in [-0.15, -0.1) is 0 Å². The van der Waals surface area contributed by atoms with Gasteiger partial charge in [0.15, 0.2) is 0 Å². The van der Waals surface area contributed by atoms with E-state index in [-0.39, 0.29) is 6.42 Å². The van der Waals surface area contributed by atoms with Crippen molar-refractivity contribution in [2.75, 3.05) is 44.7 Å². The molecule has 1 unspecified atom stereocenters. The number of hydrogen-bond acceptors (Lipinski definition) is 5. The summed E-state index contributed by atoms with van der Waals surface area (Å²) in [6.45, 7) is 4.59. The highest BCUT2D eigenvalue weighted by Gasteiger charge is 2.21. The smallest absolute Gasteiger partial charge is 0.321 e. The third-order valence-corrected chi connectivity index (χ3v) is 3.94. The van der Waals surface area contributed by atoms with Crippen LogP contribution in [0.4, 0.5) is 10.1 Å². The first-order valence-corrected chi connectivity index (χ1v) is 8.36.